The van der Waals surface area contributed by atoms with E-state index < -0.39 is 0 Å². The summed E-state index contributed by atoms with van der Waals surface area (Å²) in [5.41, 5.74) is 8.81. The molecule has 0 aliphatic carbocycles. The molecule has 0 aliphatic rings. The number of aromatic nitrogens is 3. The Hall–Kier alpha value is -1.84. The molecule has 0 fully saturated rings. The van der Waals surface area contributed by atoms with Crippen LogP contribution in [0.5, 0.6) is 0 Å². The van der Waals surface area contributed by atoms with E-state index in [0.29, 0.717) is 0 Å². The number of nitrogen functional groups attached to an aromatic ring is 1. The number of rotatable bonds is 2. The van der Waals surface area contributed by atoms with E-state index in [1.807, 2.05) is 36.7 Å². The number of hydrogen-bond acceptors (Lipinski definition) is 3. The van der Waals surface area contributed by atoms with Gasteiger partial charge in [-0.25, -0.2) is 9.67 Å². The molecule has 0 bridgehead atoms. The second-order valence-corrected chi connectivity index (χ2v) is 3.44. The first-order chi connectivity index (χ1) is 7.24. The second-order valence-electron chi connectivity index (χ2n) is 3.44. The summed E-state index contributed by atoms with van der Waals surface area (Å²) in [6, 6.07) is 5.86. The fourth-order valence-electron chi connectivity index (χ4n) is 1.69. The molecule has 4 nitrogen and oxygen atoms in total. The molecule has 2 aromatic rings. The van der Waals surface area contributed by atoms with Crippen molar-refractivity contribution in [1.82, 2.24) is 14.8 Å². The molecular formula is C11H14N4. The minimum Gasteiger partial charge on any atom is -0.398 e. The average molecular weight is 202 g/mol. The van der Waals surface area contributed by atoms with Crippen molar-refractivity contribution in [2.45, 2.75) is 20.4 Å². The first-order valence-corrected chi connectivity index (χ1v) is 4.97. The highest BCUT2D eigenvalue weighted by Crippen LogP contribution is 2.27. The summed E-state index contributed by atoms with van der Waals surface area (Å²) in [6.07, 6.45) is 1.56. The van der Waals surface area contributed by atoms with Gasteiger partial charge in [-0.15, -0.1) is 0 Å². The van der Waals surface area contributed by atoms with E-state index in [1.54, 1.807) is 6.33 Å². The van der Waals surface area contributed by atoms with Crippen LogP contribution < -0.4 is 5.73 Å². The van der Waals surface area contributed by atoms with E-state index in [4.69, 9.17) is 5.73 Å². The van der Waals surface area contributed by atoms with Crippen LogP contribution in [-0.4, -0.2) is 14.8 Å². The Balaban J connectivity index is 2.63. The standard InChI is InChI=1S/C11H14N4/c1-3-15-11(13-7-14-15)10-8(2)5-4-6-9(10)12/h4-7H,3,12H2,1-2H3. The Labute approximate surface area is 88.8 Å². The van der Waals surface area contributed by atoms with Gasteiger partial charge in [0, 0.05) is 17.8 Å². The minimum absolute atomic E-state index is 0.748. The van der Waals surface area contributed by atoms with Crippen molar-refractivity contribution >= 4 is 5.69 Å². The highest BCUT2D eigenvalue weighted by molar-refractivity contribution is 5.74. The second kappa shape index (κ2) is 3.73. The first-order valence-electron chi connectivity index (χ1n) is 4.97. The van der Waals surface area contributed by atoms with Crippen LogP contribution in [0.3, 0.4) is 0 Å². The number of benzene rings is 1. The molecule has 4 heteroatoms. The zero-order valence-electron chi connectivity index (χ0n) is 8.94. The highest BCUT2D eigenvalue weighted by Gasteiger charge is 2.11. The number of anilines is 1. The van der Waals surface area contributed by atoms with E-state index in [-0.39, 0.29) is 0 Å². The van der Waals surface area contributed by atoms with Gasteiger partial charge in [0.05, 0.1) is 0 Å². The molecule has 0 amide bonds. The number of nitrogens with zero attached hydrogens (tertiary/aromatic N) is 3. The van der Waals surface area contributed by atoms with E-state index in [0.717, 1.165) is 29.2 Å². The van der Waals surface area contributed by atoms with Gasteiger partial charge in [0.25, 0.3) is 0 Å². The van der Waals surface area contributed by atoms with Gasteiger partial charge in [-0.2, -0.15) is 5.10 Å². The van der Waals surface area contributed by atoms with E-state index in [1.165, 1.54) is 0 Å². The molecule has 0 atom stereocenters. The molecule has 1 heterocycles. The van der Waals surface area contributed by atoms with Crippen LogP contribution in [0.15, 0.2) is 24.5 Å². The van der Waals surface area contributed by atoms with Gasteiger partial charge < -0.3 is 5.73 Å². The maximum atomic E-state index is 5.96. The molecule has 78 valence electrons. The first kappa shape index (κ1) is 9.71. The van der Waals surface area contributed by atoms with Crippen LogP contribution >= 0.6 is 0 Å². The minimum atomic E-state index is 0.748. The molecule has 0 saturated heterocycles. The summed E-state index contributed by atoms with van der Waals surface area (Å²) >= 11 is 0. The van der Waals surface area contributed by atoms with Gasteiger partial charge in [0.1, 0.15) is 6.33 Å². The molecule has 2 N–H and O–H groups in total. The fraction of sp³-hybridized carbons (Fsp3) is 0.273. The van der Waals surface area contributed by atoms with Gasteiger partial charge in [0.15, 0.2) is 5.82 Å². The van der Waals surface area contributed by atoms with Crippen molar-refractivity contribution in [1.29, 1.82) is 0 Å². The van der Waals surface area contributed by atoms with Crippen LogP contribution in [-0.2, 0) is 6.54 Å². The monoisotopic (exact) mass is 202 g/mol. The Morgan fingerprint density at radius 2 is 2.20 bits per heavy atom. The van der Waals surface area contributed by atoms with Crippen LogP contribution in [0.25, 0.3) is 11.4 Å². The predicted molar refractivity (Wildman–Crippen MR) is 60.3 cm³/mol. The summed E-state index contributed by atoms with van der Waals surface area (Å²) in [6.45, 7) is 4.86. The Bertz CT molecular complexity index is 453. The molecule has 0 radical (unpaired) electrons. The van der Waals surface area contributed by atoms with E-state index in [2.05, 4.69) is 10.1 Å². The van der Waals surface area contributed by atoms with Crippen LogP contribution in [0, 0.1) is 6.92 Å². The van der Waals surface area contributed by atoms with Gasteiger partial charge in [0.2, 0.25) is 0 Å². The van der Waals surface area contributed by atoms with E-state index in [9.17, 15) is 0 Å². The maximum Gasteiger partial charge on any atom is 0.160 e. The lowest BCUT2D eigenvalue weighted by atomic mass is 10.1. The molecule has 0 spiro atoms. The van der Waals surface area contributed by atoms with Crippen LogP contribution in [0.4, 0.5) is 5.69 Å². The maximum absolute atomic E-state index is 5.96. The molecule has 0 unspecified atom stereocenters. The molecule has 0 aliphatic heterocycles. The quantitative estimate of drug-likeness (QED) is 0.756. The van der Waals surface area contributed by atoms with Crippen molar-refractivity contribution in [2.75, 3.05) is 5.73 Å². The Kier molecular flexibility index (Phi) is 2.41. The smallest absolute Gasteiger partial charge is 0.160 e. The fourth-order valence-corrected chi connectivity index (χ4v) is 1.69. The van der Waals surface area contributed by atoms with Gasteiger partial charge in [-0.05, 0) is 25.5 Å². The summed E-state index contributed by atoms with van der Waals surface area (Å²) < 4.78 is 1.85. The van der Waals surface area contributed by atoms with Gasteiger partial charge in [-0.1, -0.05) is 12.1 Å². The Morgan fingerprint density at radius 1 is 1.40 bits per heavy atom. The third kappa shape index (κ3) is 1.58. The molecule has 15 heavy (non-hydrogen) atoms. The van der Waals surface area contributed by atoms with Crippen molar-refractivity contribution in [3.05, 3.63) is 30.1 Å². The van der Waals surface area contributed by atoms with Crippen molar-refractivity contribution < 1.29 is 0 Å². The summed E-state index contributed by atoms with van der Waals surface area (Å²) in [5.74, 6) is 0.841. The normalized spacial score (nSPS) is 10.5. The third-order valence-electron chi connectivity index (χ3n) is 2.44. The molecular weight excluding hydrogens is 188 g/mol. The number of nitrogens with two attached hydrogens (primary N) is 1. The molecule has 2 rings (SSSR count). The molecule has 1 aromatic carbocycles. The predicted octanol–water partition coefficient (Wildman–Crippen LogP) is 1.86. The summed E-state index contributed by atoms with van der Waals surface area (Å²) in [5, 5.41) is 4.14. The lowest BCUT2D eigenvalue weighted by molar-refractivity contribution is 0.666. The lowest BCUT2D eigenvalue weighted by Gasteiger charge is -2.09. The number of hydrogen-bond donors (Lipinski definition) is 1. The topological polar surface area (TPSA) is 56.7 Å². The van der Waals surface area contributed by atoms with Crippen molar-refractivity contribution in [3.8, 4) is 11.4 Å². The van der Waals surface area contributed by atoms with E-state index >= 15 is 0 Å². The zero-order chi connectivity index (χ0) is 10.8. The largest absolute Gasteiger partial charge is 0.398 e. The van der Waals surface area contributed by atoms with Crippen LogP contribution in [0.2, 0.25) is 0 Å². The van der Waals surface area contributed by atoms with Crippen LogP contribution in [0.1, 0.15) is 12.5 Å². The lowest BCUT2D eigenvalue weighted by Crippen LogP contribution is -2.03. The van der Waals surface area contributed by atoms with Gasteiger partial charge >= 0.3 is 0 Å². The third-order valence-corrected chi connectivity index (χ3v) is 2.44. The average Bonchev–Trinajstić information content (AvgIpc) is 2.65. The Morgan fingerprint density at radius 3 is 2.87 bits per heavy atom. The van der Waals surface area contributed by atoms with Crippen molar-refractivity contribution in [3.63, 3.8) is 0 Å². The van der Waals surface area contributed by atoms with Crippen molar-refractivity contribution in [2.24, 2.45) is 0 Å². The SMILES string of the molecule is CCn1ncnc1-c1c(C)cccc1N. The van der Waals surface area contributed by atoms with Gasteiger partial charge in [-0.3, -0.25) is 0 Å². The highest BCUT2D eigenvalue weighted by atomic mass is 15.3. The summed E-state index contributed by atoms with van der Waals surface area (Å²) in [4.78, 5) is 4.25. The molecule has 1 aromatic heterocycles. The summed E-state index contributed by atoms with van der Waals surface area (Å²) in [7, 11) is 0. The molecule has 0 saturated carbocycles. The zero-order valence-corrected chi connectivity index (χ0v) is 8.94. The number of aryl methyl sites for hydroxylation is 2.